The molecule has 170 valence electrons. The van der Waals surface area contributed by atoms with Gasteiger partial charge >= 0.3 is 0 Å². The van der Waals surface area contributed by atoms with Crippen LogP contribution in [0.4, 0.5) is 5.69 Å². The van der Waals surface area contributed by atoms with Gasteiger partial charge in [-0.2, -0.15) is 0 Å². The summed E-state index contributed by atoms with van der Waals surface area (Å²) in [5, 5.41) is 12.3. The molecular formula is C26H21N3O5. The van der Waals surface area contributed by atoms with Gasteiger partial charge in [0, 0.05) is 46.9 Å². The summed E-state index contributed by atoms with van der Waals surface area (Å²) in [6.45, 7) is 0.498. The molecule has 0 saturated heterocycles. The van der Waals surface area contributed by atoms with Crippen molar-refractivity contribution in [2.45, 2.75) is 12.0 Å². The average molecular weight is 455 g/mol. The summed E-state index contributed by atoms with van der Waals surface area (Å²) in [6, 6.07) is 16.3. The molecule has 1 atom stereocenters. The first-order valence-corrected chi connectivity index (χ1v) is 10.9. The first kappa shape index (κ1) is 20.3. The fraction of sp³-hybridized carbons (Fsp3) is 0.192. The molecular weight excluding hydrogens is 434 g/mol. The van der Waals surface area contributed by atoms with Gasteiger partial charge in [0.25, 0.3) is 11.6 Å². The highest BCUT2D eigenvalue weighted by Gasteiger charge is 2.55. The molecule has 0 saturated carbocycles. The number of H-pyrrole nitrogens is 1. The monoisotopic (exact) mass is 455 g/mol. The number of ether oxygens (including phenoxy) is 2. The Morgan fingerprint density at radius 2 is 1.76 bits per heavy atom. The van der Waals surface area contributed by atoms with Crippen molar-refractivity contribution in [3.8, 4) is 11.5 Å². The maximum atomic E-state index is 13.7. The first-order valence-electron chi connectivity index (χ1n) is 10.9. The Bertz CT molecular complexity index is 1510. The fourth-order valence-corrected chi connectivity index (χ4v) is 5.64. The number of nitrogens with one attached hydrogen (secondary N) is 1. The van der Waals surface area contributed by atoms with E-state index in [2.05, 4.69) is 4.98 Å². The second-order valence-electron chi connectivity index (χ2n) is 8.52. The quantitative estimate of drug-likeness (QED) is 0.363. The van der Waals surface area contributed by atoms with E-state index in [9.17, 15) is 14.9 Å². The molecule has 0 fully saturated rings. The molecule has 8 heteroatoms. The van der Waals surface area contributed by atoms with Gasteiger partial charge in [0.05, 0.1) is 19.1 Å². The Hall–Kier alpha value is -4.33. The lowest BCUT2D eigenvalue weighted by Crippen LogP contribution is -2.50. The van der Waals surface area contributed by atoms with Crippen molar-refractivity contribution in [2.75, 3.05) is 20.8 Å². The van der Waals surface area contributed by atoms with Crippen LogP contribution < -0.4 is 9.47 Å². The standard InChI is InChI=1S/C26H21N3O5/c1-33-23-11-15-9-10-28-25(30)17-5-3-4-6-19(17)26(28,20(15)13-24(23)34-2)21-14-27-22-8-7-16(29(31)32)12-18(21)22/h3-8,11-14,27H,9-10H2,1-2H3. The zero-order chi connectivity index (χ0) is 23.6. The molecule has 34 heavy (non-hydrogen) atoms. The smallest absolute Gasteiger partial charge is 0.270 e. The van der Waals surface area contributed by atoms with Crippen LogP contribution in [0.5, 0.6) is 11.5 Å². The highest BCUT2D eigenvalue weighted by Crippen LogP contribution is 2.55. The molecule has 3 heterocycles. The SMILES string of the molecule is COc1cc2c(cc1OC)C1(c3c[nH]c4ccc([N+](=O)[O-])cc34)c3ccccc3C(=O)N1CC2. The predicted octanol–water partition coefficient (Wildman–Crippen LogP) is 4.40. The van der Waals surface area contributed by atoms with E-state index in [1.165, 1.54) is 6.07 Å². The van der Waals surface area contributed by atoms with Gasteiger partial charge in [0.15, 0.2) is 11.5 Å². The number of nitro benzene ring substituents is 1. The molecule has 3 aromatic carbocycles. The van der Waals surface area contributed by atoms with Crippen LogP contribution in [-0.4, -0.2) is 41.5 Å². The topological polar surface area (TPSA) is 97.7 Å². The van der Waals surface area contributed by atoms with Gasteiger partial charge in [0.1, 0.15) is 5.54 Å². The van der Waals surface area contributed by atoms with Gasteiger partial charge in [-0.05, 0) is 47.4 Å². The van der Waals surface area contributed by atoms with E-state index in [1.54, 1.807) is 26.4 Å². The molecule has 1 aromatic heterocycles. The number of hydrogen-bond acceptors (Lipinski definition) is 5. The minimum atomic E-state index is -0.964. The molecule has 2 aliphatic heterocycles. The molecule has 8 nitrogen and oxygen atoms in total. The second-order valence-corrected chi connectivity index (χ2v) is 8.52. The summed E-state index contributed by atoms with van der Waals surface area (Å²) in [6.07, 6.45) is 2.52. The van der Waals surface area contributed by atoms with Crippen molar-refractivity contribution < 1.29 is 19.2 Å². The molecule has 0 bridgehead atoms. The van der Waals surface area contributed by atoms with E-state index in [1.807, 2.05) is 47.5 Å². The van der Waals surface area contributed by atoms with Crippen molar-refractivity contribution in [1.29, 1.82) is 0 Å². The molecule has 6 rings (SSSR count). The lowest BCUT2D eigenvalue weighted by molar-refractivity contribution is -0.384. The van der Waals surface area contributed by atoms with E-state index in [4.69, 9.17) is 9.47 Å². The minimum absolute atomic E-state index is 0.00254. The highest BCUT2D eigenvalue weighted by molar-refractivity contribution is 6.03. The number of aromatic nitrogens is 1. The minimum Gasteiger partial charge on any atom is -0.493 e. The summed E-state index contributed by atoms with van der Waals surface area (Å²) < 4.78 is 11.2. The van der Waals surface area contributed by atoms with E-state index in [0.29, 0.717) is 35.4 Å². The summed E-state index contributed by atoms with van der Waals surface area (Å²) in [4.78, 5) is 30.0. The van der Waals surface area contributed by atoms with Crippen molar-refractivity contribution >= 4 is 22.5 Å². The number of non-ortho nitro benzene ring substituents is 1. The van der Waals surface area contributed by atoms with Crippen molar-refractivity contribution in [1.82, 2.24) is 9.88 Å². The molecule has 0 radical (unpaired) electrons. The van der Waals surface area contributed by atoms with E-state index in [0.717, 1.165) is 27.8 Å². The van der Waals surface area contributed by atoms with Crippen LogP contribution >= 0.6 is 0 Å². The zero-order valence-corrected chi connectivity index (χ0v) is 18.6. The van der Waals surface area contributed by atoms with Crippen LogP contribution in [0.1, 0.15) is 32.6 Å². The van der Waals surface area contributed by atoms with Crippen LogP contribution in [0, 0.1) is 10.1 Å². The number of nitrogens with zero attached hydrogens (tertiary/aromatic N) is 2. The van der Waals surface area contributed by atoms with E-state index in [-0.39, 0.29) is 11.6 Å². The summed E-state index contributed by atoms with van der Waals surface area (Å²) >= 11 is 0. The van der Waals surface area contributed by atoms with E-state index < -0.39 is 10.5 Å². The fourth-order valence-electron chi connectivity index (χ4n) is 5.64. The number of amides is 1. The Labute approximate surface area is 194 Å². The number of aromatic amines is 1. The summed E-state index contributed by atoms with van der Waals surface area (Å²) in [5.41, 5.74) is 4.01. The molecule has 0 spiro atoms. The Morgan fingerprint density at radius 3 is 2.53 bits per heavy atom. The molecule has 1 unspecified atom stereocenters. The van der Waals surface area contributed by atoms with Crippen LogP contribution in [-0.2, 0) is 12.0 Å². The van der Waals surface area contributed by atoms with Crippen molar-refractivity contribution in [3.63, 3.8) is 0 Å². The zero-order valence-electron chi connectivity index (χ0n) is 18.6. The lowest BCUT2D eigenvalue weighted by atomic mass is 9.72. The predicted molar refractivity (Wildman–Crippen MR) is 126 cm³/mol. The Kier molecular flexibility index (Phi) is 4.23. The normalized spacial score (nSPS) is 18.4. The third-order valence-electron chi connectivity index (χ3n) is 7.07. The van der Waals surface area contributed by atoms with Crippen LogP contribution in [0.3, 0.4) is 0 Å². The van der Waals surface area contributed by atoms with Gasteiger partial charge in [-0.1, -0.05) is 18.2 Å². The van der Waals surface area contributed by atoms with Gasteiger partial charge in [-0.3, -0.25) is 14.9 Å². The Balaban J connectivity index is 1.76. The number of carbonyl (C=O) groups excluding carboxylic acids is 1. The van der Waals surface area contributed by atoms with Gasteiger partial charge in [-0.15, -0.1) is 0 Å². The lowest BCUT2D eigenvalue weighted by Gasteiger charge is -2.44. The van der Waals surface area contributed by atoms with Crippen LogP contribution in [0.25, 0.3) is 10.9 Å². The van der Waals surface area contributed by atoms with Crippen molar-refractivity contribution in [3.05, 3.63) is 98.7 Å². The third kappa shape index (κ3) is 2.45. The first-order chi connectivity index (χ1) is 16.5. The van der Waals surface area contributed by atoms with E-state index >= 15 is 0 Å². The molecule has 1 amide bonds. The van der Waals surface area contributed by atoms with Gasteiger partial charge in [0.2, 0.25) is 0 Å². The number of fused-ring (bicyclic) bond motifs is 6. The largest absolute Gasteiger partial charge is 0.493 e. The number of benzene rings is 3. The number of rotatable bonds is 4. The number of methoxy groups -OCH3 is 2. The number of hydrogen-bond donors (Lipinski definition) is 1. The summed E-state index contributed by atoms with van der Waals surface area (Å²) in [7, 11) is 3.18. The van der Waals surface area contributed by atoms with Crippen LogP contribution in [0.2, 0.25) is 0 Å². The number of carbonyl (C=O) groups is 1. The van der Waals surface area contributed by atoms with Crippen LogP contribution in [0.15, 0.2) is 60.8 Å². The summed E-state index contributed by atoms with van der Waals surface area (Å²) in [5.74, 6) is 1.12. The molecule has 0 aliphatic carbocycles. The van der Waals surface area contributed by atoms with Crippen molar-refractivity contribution in [2.24, 2.45) is 0 Å². The van der Waals surface area contributed by atoms with Gasteiger partial charge < -0.3 is 19.4 Å². The maximum absolute atomic E-state index is 13.7. The average Bonchev–Trinajstić information content (AvgIpc) is 3.40. The number of nitro groups is 1. The maximum Gasteiger partial charge on any atom is 0.270 e. The Morgan fingerprint density at radius 1 is 1.00 bits per heavy atom. The molecule has 1 N–H and O–H groups in total. The highest BCUT2D eigenvalue weighted by atomic mass is 16.6. The van der Waals surface area contributed by atoms with Gasteiger partial charge in [-0.25, -0.2) is 0 Å². The molecule has 2 aliphatic rings. The molecule has 4 aromatic rings. The second kappa shape index (κ2) is 7.08. The third-order valence-corrected chi connectivity index (χ3v) is 7.07.